The first kappa shape index (κ1) is 8.17. The predicted octanol–water partition coefficient (Wildman–Crippen LogP) is 2.88. The van der Waals surface area contributed by atoms with Crippen LogP contribution in [0.15, 0.2) is 24.4 Å². The van der Waals surface area contributed by atoms with E-state index in [1.165, 1.54) is 10.9 Å². The van der Waals surface area contributed by atoms with Crippen molar-refractivity contribution in [1.82, 2.24) is 4.98 Å². The molecule has 1 aromatic carbocycles. The zero-order chi connectivity index (χ0) is 9.26. The van der Waals surface area contributed by atoms with Gasteiger partial charge in [-0.3, -0.25) is 0 Å². The van der Waals surface area contributed by atoms with E-state index in [-0.39, 0.29) is 0 Å². The van der Waals surface area contributed by atoms with E-state index < -0.39 is 0 Å². The Labute approximate surface area is 77.5 Å². The second-order valence-corrected chi connectivity index (χ2v) is 3.08. The maximum absolute atomic E-state index is 5.50. The van der Waals surface area contributed by atoms with E-state index in [0.717, 1.165) is 11.3 Å². The van der Waals surface area contributed by atoms with Gasteiger partial charge in [0.15, 0.2) is 0 Å². The van der Waals surface area contributed by atoms with Gasteiger partial charge in [0.05, 0.1) is 12.1 Å². The zero-order valence-corrected chi connectivity index (χ0v) is 7.92. The summed E-state index contributed by atoms with van der Waals surface area (Å²) in [5.74, 6) is 0.938. The molecule has 0 spiro atoms. The van der Waals surface area contributed by atoms with Gasteiger partial charge in [0.25, 0.3) is 0 Å². The van der Waals surface area contributed by atoms with Crippen LogP contribution >= 0.6 is 0 Å². The Morgan fingerprint density at radius 1 is 1.38 bits per heavy atom. The molecule has 0 atom stereocenters. The van der Waals surface area contributed by atoms with E-state index in [1.54, 1.807) is 0 Å². The molecule has 0 aliphatic heterocycles. The van der Waals surface area contributed by atoms with Crippen molar-refractivity contribution in [2.75, 3.05) is 6.61 Å². The van der Waals surface area contributed by atoms with E-state index in [9.17, 15) is 0 Å². The van der Waals surface area contributed by atoms with Crippen molar-refractivity contribution >= 4 is 10.9 Å². The van der Waals surface area contributed by atoms with Crippen LogP contribution in [0, 0.1) is 6.92 Å². The van der Waals surface area contributed by atoms with Crippen LogP contribution in [-0.4, -0.2) is 11.6 Å². The van der Waals surface area contributed by atoms with Crippen molar-refractivity contribution in [3.05, 3.63) is 30.0 Å². The third-order valence-electron chi connectivity index (χ3n) is 2.18. The fourth-order valence-electron chi connectivity index (χ4n) is 1.54. The summed E-state index contributed by atoms with van der Waals surface area (Å²) >= 11 is 0. The second kappa shape index (κ2) is 3.13. The van der Waals surface area contributed by atoms with E-state index >= 15 is 0 Å². The van der Waals surface area contributed by atoms with Crippen molar-refractivity contribution in [2.24, 2.45) is 0 Å². The average Bonchev–Trinajstić information content (AvgIpc) is 2.50. The molecule has 0 radical (unpaired) electrons. The number of nitrogens with one attached hydrogen (secondary N) is 1. The highest BCUT2D eigenvalue weighted by atomic mass is 16.5. The van der Waals surface area contributed by atoms with Crippen molar-refractivity contribution < 1.29 is 4.74 Å². The molecule has 0 amide bonds. The molecule has 1 aromatic heterocycles. The first-order valence-electron chi connectivity index (χ1n) is 4.52. The Kier molecular flexibility index (Phi) is 1.97. The number of aromatic nitrogens is 1. The van der Waals surface area contributed by atoms with E-state index in [0.29, 0.717) is 6.61 Å². The molecular weight excluding hydrogens is 162 g/mol. The van der Waals surface area contributed by atoms with Gasteiger partial charge >= 0.3 is 0 Å². The average molecular weight is 175 g/mol. The molecule has 2 aromatic rings. The molecule has 0 saturated heterocycles. The number of ether oxygens (including phenoxy) is 1. The van der Waals surface area contributed by atoms with Crippen LogP contribution in [0.5, 0.6) is 5.75 Å². The number of hydrogen-bond donors (Lipinski definition) is 1. The maximum Gasteiger partial charge on any atom is 0.143 e. The smallest absolute Gasteiger partial charge is 0.143 e. The second-order valence-electron chi connectivity index (χ2n) is 3.08. The summed E-state index contributed by atoms with van der Waals surface area (Å²) < 4.78 is 5.50. The Morgan fingerprint density at radius 3 is 3.00 bits per heavy atom. The Balaban J connectivity index is 2.63. The number of hydrogen-bond acceptors (Lipinski definition) is 1. The van der Waals surface area contributed by atoms with Gasteiger partial charge in [-0.05, 0) is 25.5 Å². The van der Waals surface area contributed by atoms with Gasteiger partial charge in [0.2, 0.25) is 0 Å². The highest BCUT2D eigenvalue weighted by Crippen LogP contribution is 2.26. The fourth-order valence-corrected chi connectivity index (χ4v) is 1.54. The van der Waals surface area contributed by atoms with Gasteiger partial charge in [-0.15, -0.1) is 0 Å². The molecule has 0 bridgehead atoms. The Bertz CT molecular complexity index is 417. The number of aromatic amines is 1. The molecule has 2 heteroatoms. The summed E-state index contributed by atoms with van der Waals surface area (Å²) in [6.45, 7) is 4.79. The van der Waals surface area contributed by atoms with Gasteiger partial charge < -0.3 is 9.72 Å². The lowest BCUT2D eigenvalue weighted by Crippen LogP contribution is -1.91. The first-order valence-corrected chi connectivity index (χ1v) is 4.52. The van der Waals surface area contributed by atoms with Crippen molar-refractivity contribution in [3.8, 4) is 5.75 Å². The zero-order valence-electron chi connectivity index (χ0n) is 7.92. The van der Waals surface area contributed by atoms with Crippen LogP contribution in [-0.2, 0) is 0 Å². The summed E-state index contributed by atoms with van der Waals surface area (Å²) in [5, 5.41) is 1.24. The number of H-pyrrole nitrogens is 1. The van der Waals surface area contributed by atoms with E-state index in [1.807, 2.05) is 25.3 Å². The maximum atomic E-state index is 5.50. The number of benzene rings is 1. The molecule has 0 aliphatic carbocycles. The molecular formula is C11H13NO. The standard InChI is InChI=1S/C11H13NO/c1-3-13-10-6-4-5-9-8(2)7-12-11(9)10/h4-7,12H,3H2,1-2H3. The summed E-state index contributed by atoms with van der Waals surface area (Å²) in [5.41, 5.74) is 2.36. The summed E-state index contributed by atoms with van der Waals surface area (Å²) in [4.78, 5) is 3.22. The van der Waals surface area contributed by atoms with Gasteiger partial charge in [0, 0.05) is 11.6 Å². The van der Waals surface area contributed by atoms with Gasteiger partial charge in [-0.2, -0.15) is 0 Å². The van der Waals surface area contributed by atoms with Crippen LogP contribution in [0.25, 0.3) is 10.9 Å². The molecule has 0 unspecified atom stereocenters. The molecule has 13 heavy (non-hydrogen) atoms. The highest BCUT2D eigenvalue weighted by molar-refractivity contribution is 5.88. The van der Waals surface area contributed by atoms with Gasteiger partial charge in [0.1, 0.15) is 5.75 Å². The highest BCUT2D eigenvalue weighted by Gasteiger charge is 2.03. The number of para-hydroxylation sites is 1. The monoisotopic (exact) mass is 175 g/mol. The topological polar surface area (TPSA) is 25.0 Å². The third-order valence-corrected chi connectivity index (χ3v) is 2.18. The normalized spacial score (nSPS) is 10.6. The lowest BCUT2D eigenvalue weighted by atomic mass is 10.2. The largest absolute Gasteiger partial charge is 0.492 e. The minimum atomic E-state index is 0.706. The van der Waals surface area contributed by atoms with Crippen molar-refractivity contribution in [3.63, 3.8) is 0 Å². The SMILES string of the molecule is CCOc1cccc2c(C)c[nH]c12. The predicted molar refractivity (Wildman–Crippen MR) is 54.2 cm³/mol. The minimum absolute atomic E-state index is 0.706. The summed E-state index contributed by atoms with van der Waals surface area (Å²) in [6.07, 6.45) is 2.01. The van der Waals surface area contributed by atoms with Gasteiger partial charge in [-0.25, -0.2) is 0 Å². The quantitative estimate of drug-likeness (QED) is 0.745. The molecule has 0 saturated carbocycles. The number of rotatable bonds is 2. The van der Waals surface area contributed by atoms with E-state index in [4.69, 9.17) is 4.74 Å². The lowest BCUT2D eigenvalue weighted by molar-refractivity contribution is 0.344. The Hall–Kier alpha value is -1.44. The van der Waals surface area contributed by atoms with E-state index in [2.05, 4.69) is 18.0 Å². The molecule has 1 heterocycles. The summed E-state index contributed by atoms with van der Waals surface area (Å²) in [6, 6.07) is 6.11. The Morgan fingerprint density at radius 2 is 2.23 bits per heavy atom. The van der Waals surface area contributed by atoms with Crippen molar-refractivity contribution in [1.29, 1.82) is 0 Å². The van der Waals surface area contributed by atoms with Crippen LogP contribution in [0.4, 0.5) is 0 Å². The molecule has 2 rings (SSSR count). The van der Waals surface area contributed by atoms with Crippen LogP contribution in [0.2, 0.25) is 0 Å². The fraction of sp³-hybridized carbons (Fsp3) is 0.273. The molecule has 68 valence electrons. The van der Waals surface area contributed by atoms with Crippen LogP contribution in [0.3, 0.4) is 0 Å². The van der Waals surface area contributed by atoms with Crippen molar-refractivity contribution in [2.45, 2.75) is 13.8 Å². The molecule has 1 N–H and O–H groups in total. The number of fused-ring (bicyclic) bond motifs is 1. The molecule has 2 nitrogen and oxygen atoms in total. The van der Waals surface area contributed by atoms with Crippen LogP contribution in [0.1, 0.15) is 12.5 Å². The first-order chi connectivity index (χ1) is 6.33. The third kappa shape index (κ3) is 1.28. The molecule has 0 fully saturated rings. The molecule has 0 aliphatic rings. The van der Waals surface area contributed by atoms with Gasteiger partial charge in [-0.1, -0.05) is 12.1 Å². The minimum Gasteiger partial charge on any atom is -0.492 e. The van der Waals surface area contributed by atoms with Crippen LogP contribution < -0.4 is 4.74 Å². The lowest BCUT2D eigenvalue weighted by Gasteiger charge is -2.03. The summed E-state index contributed by atoms with van der Waals surface area (Å²) in [7, 11) is 0. The number of aryl methyl sites for hydroxylation is 1.